The molecular formula is C15H28ClN3. The van der Waals surface area contributed by atoms with Gasteiger partial charge in [0.1, 0.15) is 0 Å². The molecule has 0 spiro atoms. The molecular weight excluding hydrogens is 258 g/mol. The molecule has 110 valence electrons. The van der Waals surface area contributed by atoms with Gasteiger partial charge in [0, 0.05) is 6.54 Å². The SMILES string of the molecule is CCC(CNCC(C)C)Cc1c(Cl)c(C)nn1CC. The molecule has 0 saturated carbocycles. The van der Waals surface area contributed by atoms with Crippen LogP contribution >= 0.6 is 11.6 Å². The zero-order valence-corrected chi connectivity index (χ0v) is 13.7. The lowest BCUT2D eigenvalue weighted by molar-refractivity contribution is 0.425. The van der Waals surface area contributed by atoms with Crippen LogP contribution in [0.2, 0.25) is 5.02 Å². The first-order valence-electron chi connectivity index (χ1n) is 7.41. The van der Waals surface area contributed by atoms with Gasteiger partial charge in [0.15, 0.2) is 0 Å². The van der Waals surface area contributed by atoms with E-state index in [-0.39, 0.29) is 0 Å². The minimum Gasteiger partial charge on any atom is -0.316 e. The molecule has 1 aromatic rings. The molecule has 1 heterocycles. The molecule has 3 nitrogen and oxygen atoms in total. The first-order valence-corrected chi connectivity index (χ1v) is 7.79. The van der Waals surface area contributed by atoms with Gasteiger partial charge >= 0.3 is 0 Å². The van der Waals surface area contributed by atoms with Gasteiger partial charge in [0.05, 0.1) is 16.4 Å². The molecule has 0 aliphatic carbocycles. The molecule has 0 radical (unpaired) electrons. The summed E-state index contributed by atoms with van der Waals surface area (Å²) in [5, 5.41) is 8.89. The van der Waals surface area contributed by atoms with E-state index in [0.717, 1.165) is 43.2 Å². The van der Waals surface area contributed by atoms with Crippen molar-refractivity contribution < 1.29 is 0 Å². The van der Waals surface area contributed by atoms with Crippen molar-refractivity contribution >= 4 is 11.6 Å². The van der Waals surface area contributed by atoms with E-state index in [9.17, 15) is 0 Å². The zero-order chi connectivity index (χ0) is 14.4. The fraction of sp³-hybridized carbons (Fsp3) is 0.800. The maximum atomic E-state index is 6.37. The van der Waals surface area contributed by atoms with Crippen molar-refractivity contribution in [3.05, 3.63) is 16.4 Å². The summed E-state index contributed by atoms with van der Waals surface area (Å²) < 4.78 is 2.04. The van der Waals surface area contributed by atoms with Crippen molar-refractivity contribution in [2.24, 2.45) is 11.8 Å². The number of hydrogen-bond acceptors (Lipinski definition) is 2. The van der Waals surface area contributed by atoms with Gasteiger partial charge in [-0.15, -0.1) is 0 Å². The van der Waals surface area contributed by atoms with Gasteiger partial charge in [-0.1, -0.05) is 38.8 Å². The normalized spacial score (nSPS) is 13.2. The van der Waals surface area contributed by atoms with E-state index in [1.165, 1.54) is 5.69 Å². The maximum Gasteiger partial charge on any atom is 0.0847 e. The monoisotopic (exact) mass is 285 g/mol. The number of aryl methyl sites for hydroxylation is 2. The molecule has 19 heavy (non-hydrogen) atoms. The number of nitrogens with one attached hydrogen (secondary N) is 1. The van der Waals surface area contributed by atoms with Crippen LogP contribution in [-0.2, 0) is 13.0 Å². The van der Waals surface area contributed by atoms with Crippen LogP contribution in [0, 0.1) is 18.8 Å². The van der Waals surface area contributed by atoms with Crippen LogP contribution in [0.15, 0.2) is 0 Å². The average molecular weight is 286 g/mol. The molecule has 1 rings (SSSR count). The van der Waals surface area contributed by atoms with E-state index in [2.05, 4.69) is 38.1 Å². The summed E-state index contributed by atoms with van der Waals surface area (Å²) in [6.45, 7) is 13.8. The van der Waals surface area contributed by atoms with Crippen LogP contribution in [0.5, 0.6) is 0 Å². The lowest BCUT2D eigenvalue weighted by Crippen LogP contribution is -2.27. The highest BCUT2D eigenvalue weighted by atomic mass is 35.5. The summed E-state index contributed by atoms with van der Waals surface area (Å²) in [6.07, 6.45) is 2.17. The molecule has 0 aromatic carbocycles. The van der Waals surface area contributed by atoms with E-state index in [1.807, 2.05) is 11.6 Å². The second-order valence-electron chi connectivity index (χ2n) is 5.69. The second kappa shape index (κ2) is 7.91. The average Bonchev–Trinajstić information content (AvgIpc) is 2.64. The van der Waals surface area contributed by atoms with E-state index in [4.69, 9.17) is 11.6 Å². The number of nitrogens with zero attached hydrogens (tertiary/aromatic N) is 2. The van der Waals surface area contributed by atoms with Crippen LogP contribution < -0.4 is 5.32 Å². The van der Waals surface area contributed by atoms with Crippen molar-refractivity contribution in [2.75, 3.05) is 13.1 Å². The standard InChI is InChI=1S/C15H28ClN3/c1-6-13(10-17-9-11(3)4)8-14-15(16)12(5)18-19(14)7-2/h11,13,17H,6-10H2,1-5H3. The van der Waals surface area contributed by atoms with Crippen LogP contribution in [-0.4, -0.2) is 22.9 Å². The lowest BCUT2D eigenvalue weighted by Gasteiger charge is -2.17. The van der Waals surface area contributed by atoms with E-state index in [1.54, 1.807) is 0 Å². The minimum absolute atomic E-state index is 0.623. The van der Waals surface area contributed by atoms with Gasteiger partial charge in [-0.3, -0.25) is 4.68 Å². The Morgan fingerprint density at radius 3 is 2.47 bits per heavy atom. The van der Waals surface area contributed by atoms with E-state index >= 15 is 0 Å². The van der Waals surface area contributed by atoms with Crippen LogP contribution in [0.4, 0.5) is 0 Å². The summed E-state index contributed by atoms with van der Waals surface area (Å²) in [5.74, 6) is 1.32. The predicted octanol–water partition coefficient (Wildman–Crippen LogP) is 3.68. The molecule has 4 heteroatoms. The summed E-state index contributed by atoms with van der Waals surface area (Å²) >= 11 is 6.37. The third kappa shape index (κ3) is 4.81. The highest BCUT2D eigenvalue weighted by molar-refractivity contribution is 6.31. The zero-order valence-electron chi connectivity index (χ0n) is 13.0. The van der Waals surface area contributed by atoms with Crippen LogP contribution in [0.25, 0.3) is 0 Å². The van der Waals surface area contributed by atoms with Gasteiger partial charge in [-0.05, 0) is 45.2 Å². The molecule has 0 saturated heterocycles. The fourth-order valence-corrected chi connectivity index (χ4v) is 2.49. The van der Waals surface area contributed by atoms with Gasteiger partial charge in [-0.25, -0.2) is 0 Å². The van der Waals surface area contributed by atoms with Crippen molar-refractivity contribution in [3.63, 3.8) is 0 Å². The smallest absolute Gasteiger partial charge is 0.0847 e. The Morgan fingerprint density at radius 1 is 1.26 bits per heavy atom. The number of hydrogen-bond donors (Lipinski definition) is 1. The third-order valence-corrected chi connectivity index (χ3v) is 3.99. The van der Waals surface area contributed by atoms with Gasteiger partial charge in [-0.2, -0.15) is 5.10 Å². The first kappa shape index (κ1) is 16.5. The molecule has 0 amide bonds. The van der Waals surface area contributed by atoms with E-state index < -0.39 is 0 Å². The van der Waals surface area contributed by atoms with Crippen molar-refractivity contribution in [3.8, 4) is 0 Å². The van der Waals surface area contributed by atoms with Crippen molar-refractivity contribution in [1.29, 1.82) is 0 Å². The van der Waals surface area contributed by atoms with Crippen LogP contribution in [0.1, 0.15) is 45.5 Å². The van der Waals surface area contributed by atoms with Gasteiger partial charge < -0.3 is 5.32 Å². The van der Waals surface area contributed by atoms with Crippen LogP contribution in [0.3, 0.4) is 0 Å². The largest absolute Gasteiger partial charge is 0.316 e. The molecule has 0 fully saturated rings. The lowest BCUT2D eigenvalue weighted by atomic mass is 9.99. The quantitative estimate of drug-likeness (QED) is 0.790. The molecule has 1 unspecified atom stereocenters. The molecule has 0 bridgehead atoms. The highest BCUT2D eigenvalue weighted by Gasteiger charge is 2.16. The Bertz CT molecular complexity index is 385. The Morgan fingerprint density at radius 2 is 1.95 bits per heavy atom. The molecule has 1 aromatic heterocycles. The fourth-order valence-electron chi connectivity index (χ4n) is 2.27. The number of rotatable bonds is 8. The summed E-state index contributed by atoms with van der Waals surface area (Å²) in [7, 11) is 0. The Balaban J connectivity index is 2.65. The summed E-state index contributed by atoms with van der Waals surface area (Å²) in [6, 6.07) is 0. The van der Waals surface area contributed by atoms with E-state index in [0.29, 0.717) is 11.8 Å². The minimum atomic E-state index is 0.623. The Kier molecular flexibility index (Phi) is 6.87. The van der Waals surface area contributed by atoms with Crippen molar-refractivity contribution in [1.82, 2.24) is 15.1 Å². The number of aromatic nitrogens is 2. The summed E-state index contributed by atoms with van der Waals surface area (Å²) in [4.78, 5) is 0. The highest BCUT2D eigenvalue weighted by Crippen LogP contribution is 2.24. The van der Waals surface area contributed by atoms with Gasteiger partial charge in [0.25, 0.3) is 0 Å². The first-order chi connectivity index (χ1) is 8.99. The predicted molar refractivity (Wildman–Crippen MR) is 82.8 cm³/mol. The molecule has 1 atom stereocenters. The van der Waals surface area contributed by atoms with Gasteiger partial charge in [0.2, 0.25) is 0 Å². The molecule has 0 aliphatic heterocycles. The topological polar surface area (TPSA) is 29.9 Å². The second-order valence-corrected chi connectivity index (χ2v) is 6.07. The number of halogens is 1. The Hall–Kier alpha value is -0.540. The maximum absolute atomic E-state index is 6.37. The third-order valence-electron chi connectivity index (χ3n) is 3.50. The summed E-state index contributed by atoms with van der Waals surface area (Å²) in [5.41, 5.74) is 2.14. The molecule has 1 N–H and O–H groups in total. The Labute approximate surface area is 122 Å². The molecule has 0 aliphatic rings. The van der Waals surface area contributed by atoms with Crippen molar-refractivity contribution in [2.45, 2.75) is 54.0 Å².